The van der Waals surface area contributed by atoms with Crippen molar-refractivity contribution in [2.45, 2.75) is 25.5 Å². The quantitative estimate of drug-likeness (QED) is 0.620. The van der Waals surface area contributed by atoms with Crippen molar-refractivity contribution < 1.29 is 19.0 Å². The summed E-state index contributed by atoms with van der Waals surface area (Å²) in [5.41, 5.74) is 4.67. The third-order valence-electron chi connectivity index (χ3n) is 1.97. The molecule has 0 radical (unpaired) electrons. The lowest BCUT2D eigenvalue weighted by Crippen LogP contribution is -2.52. The van der Waals surface area contributed by atoms with Crippen LogP contribution in [0.1, 0.15) is 13.8 Å². The standard InChI is InChI=1S/C9H17NO4/c1-3-13-8(11)9(2,10)6-14-7-4-12-5-7/h7H,3-6,10H2,1-2H3. The average Bonchev–Trinajstić information content (AvgIpc) is 2.01. The Hall–Kier alpha value is -0.650. The highest BCUT2D eigenvalue weighted by Gasteiger charge is 2.32. The van der Waals surface area contributed by atoms with Crippen LogP contribution in [0.25, 0.3) is 0 Å². The molecule has 1 aliphatic rings. The van der Waals surface area contributed by atoms with Crippen LogP contribution in [0.4, 0.5) is 0 Å². The van der Waals surface area contributed by atoms with Crippen molar-refractivity contribution in [2.75, 3.05) is 26.4 Å². The van der Waals surface area contributed by atoms with Crippen molar-refractivity contribution in [1.82, 2.24) is 0 Å². The summed E-state index contributed by atoms with van der Waals surface area (Å²) < 4.78 is 15.1. The Balaban J connectivity index is 2.27. The van der Waals surface area contributed by atoms with Gasteiger partial charge in [-0.1, -0.05) is 0 Å². The number of ether oxygens (including phenoxy) is 3. The molecule has 14 heavy (non-hydrogen) atoms. The first-order valence-corrected chi connectivity index (χ1v) is 4.71. The monoisotopic (exact) mass is 203 g/mol. The normalized spacial score (nSPS) is 21.1. The summed E-state index contributed by atoms with van der Waals surface area (Å²) in [6.45, 7) is 5.01. The number of esters is 1. The molecule has 0 amide bonds. The van der Waals surface area contributed by atoms with E-state index in [4.69, 9.17) is 19.9 Å². The number of hydrogen-bond acceptors (Lipinski definition) is 5. The summed E-state index contributed by atoms with van der Waals surface area (Å²) in [4.78, 5) is 11.3. The van der Waals surface area contributed by atoms with Crippen LogP contribution in [0.15, 0.2) is 0 Å². The molecule has 1 atom stereocenters. The molecule has 2 N–H and O–H groups in total. The predicted octanol–water partition coefficient (Wildman–Crippen LogP) is -0.318. The fraction of sp³-hybridized carbons (Fsp3) is 0.889. The van der Waals surface area contributed by atoms with E-state index in [1.807, 2.05) is 0 Å². The van der Waals surface area contributed by atoms with Gasteiger partial charge in [0.2, 0.25) is 0 Å². The molecule has 1 unspecified atom stereocenters. The number of carbonyl (C=O) groups is 1. The Bertz CT molecular complexity index is 201. The van der Waals surface area contributed by atoms with Crippen LogP contribution >= 0.6 is 0 Å². The van der Waals surface area contributed by atoms with Crippen LogP contribution in [-0.2, 0) is 19.0 Å². The maximum atomic E-state index is 11.3. The fourth-order valence-corrected chi connectivity index (χ4v) is 0.956. The van der Waals surface area contributed by atoms with E-state index < -0.39 is 11.5 Å². The highest BCUT2D eigenvalue weighted by atomic mass is 16.6. The molecule has 1 aliphatic heterocycles. The molecule has 0 aromatic heterocycles. The topological polar surface area (TPSA) is 70.8 Å². The molecule has 0 aliphatic carbocycles. The number of hydrogen-bond donors (Lipinski definition) is 1. The van der Waals surface area contributed by atoms with Crippen molar-refractivity contribution in [3.63, 3.8) is 0 Å². The zero-order valence-electron chi connectivity index (χ0n) is 8.62. The maximum Gasteiger partial charge on any atom is 0.328 e. The summed E-state index contributed by atoms with van der Waals surface area (Å²) in [6.07, 6.45) is 0.0762. The van der Waals surface area contributed by atoms with E-state index in [0.717, 1.165) is 0 Å². The summed E-state index contributed by atoms with van der Waals surface area (Å²) in [5.74, 6) is -0.430. The average molecular weight is 203 g/mol. The van der Waals surface area contributed by atoms with Crippen LogP contribution < -0.4 is 5.73 Å². The van der Waals surface area contributed by atoms with Crippen molar-refractivity contribution in [3.05, 3.63) is 0 Å². The lowest BCUT2D eigenvalue weighted by molar-refractivity contribution is -0.162. The van der Waals surface area contributed by atoms with Crippen molar-refractivity contribution in [2.24, 2.45) is 5.73 Å². The van der Waals surface area contributed by atoms with E-state index in [-0.39, 0.29) is 12.7 Å². The van der Waals surface area contributed by atoms with E-state index in [9.17, 15) is 4.79 Å². The first-order chi connectivity index (χ1) is 6.56. The molecule has 0 aromatic rings. The molecule has 5 nitrogen and oxygen atoms in total. The highest BCUT2D eigenvalue weighted by Crippen LogP contribution is 2.10. The molecule has 0 aromatic carbocycles. The van der Waals surface area contributed by atoms with E-state index in [1.165, 1.54) is 0 Å². The molecule has 1 saturated heterocycles. The van der Waals surface area contributed by atoms with Gasteiger partial charge in [-0.2, -0.15) is 0 Å². The number of carbonyl (C=O) groups excluding carboxylic acids is 1. The SMILES string of the molecule is CCOC(=O)C(C)(N)COC1COC1. The number of nitrogens with two attached hydrogens (primary N) is 1. The molecular formula is C9H17NO4. The largest absolute Gasteiger partial charge is 0.465 e. The third-order valence-corrected chi connectivity index (χ3v) is 1.97. The van der Waals surface area contributed by atoms with Crippen LogP contribution in [0.5, 0.6) is 0 Å². The van der Waals surface area contributed by atoms with Gasteiger partial charge in [0.05, 0.1) is 26.4 Å². The van der Waals surface area contributed by atoms with E-state index in [1.54, 1.807) is 13.8 Å². The molecule has 0 bridgehead atoms. The van der Waals surface area contributed by atoms with Gasteiger partial charge >= 0.3 is 5.97 Å². The van der Waals surface area contributed by atoms with Gasteiger partial charge < -0.3 is 19.9 Å². The van der Waals surface area contributed by atoms with Crippen molar-refractivity contribution in [1.29, 1.82) is 0 Å². The zero-order valence-corrected chi connectivity index (χ0v) is 8.62. The third kappa shape index (κ3) is 2.94. The van der Waals surface area contributed by atoms with Gasteiger partial charge in [-0.3, -0.25) is 0 Å². The van der Waals surface area contributed by atoms with E-state index >= 15 is 0 Å². The number of rotatable bonds is 5. The minimum atomic E-state index is -1.06. The predicted molar refractivity (Wildman–Crippen MR) is 49.8 cm³/mol. The lowest BCUT2D eigenvalue weighted by Gasteiger charge is -2.30. The Morgan fingerprint density at radius 2 is 2.29 bits per heavy atom. The molecule has 0 saturated carbocycles. The Morgan fingerprint density at radius 3 is 2.71 bits per heavy atom. The summed E-state index contributed by atoms with van der Waals surface area (Å²) in [7, 11) is 0. The van der Waals surface area contributed by atoms with E-state index in [0.29, 0.717) is 19.8 Å². The second-order valence-electron chi connectivity index (χ2n) is 3.61. The Labute approximate surface area is 83.5 Å². The van der Waals surface area contributed by atoms with Crippen LogP contribution in [0.3, 0.4) is 0 Å². The Kier molecular flexibility index (Phi) is 3.86. The molecule has 1 rings (SSSR count). The molecule has 5 heteroatoms. The Morgan fingerprint density at radius 1 is 1.64 bits per heavy atom. The molecule has 1 fully saturated rings. The smallest absolute Gasteiger partial charge is 0.328 e. The minimum absolute atomic E-state index is 0.0762. The van der Waals surface area contributed by atoms with Crippen LogP contribution in [-0.4, -0.2) is 44.0 Å². The van der Waals surface area contributed by atoms with E-state index in [2.05, 4.69) is 0 Å². The van der Waals surface area contributed by atoms with Gasteiger partial charge in [0, 0.05) is 0 Å². The van der Waals surface area contributed by atoms with Crippen molar-refractivity contribution >= 4 is 5.97 Å². The van der Waals surface area contributed by atoms with Crippen molar-refractivity contribution in [3.8, 4) is 0 Å². The van der Waals surface area contributed by atoms with Crippen LogP contribution in [0.2, 0.25) is 0 Å². The first kappa shape index (κ1) is 11.4. The maximum absolute atomic E-state index is 11.3. The first-order valence-electron chi connectivity index (χ1n) is 4.71. The molecule has 1 heterocycles. The highest BCUT2D eigenvalue weighted by molar-refractivity contribution is 5.80. The van der Waals surface area contributed by atoms with Gasteiger partial charge in [-0.05, 0) is 13.8 Å². The summed E-state index contributed by atoms with van der Waals surface area (Å²) in [6, 6.07) is 0. The van der Waals surface area contributed by atoms with Gasteiger partial charge in [0.15, 0.2) is 0 Å². The van der Waals surface area contributed by atoms with Crippen LogP contribution in [0, 0.1) is 0 Å². The molecular weight excluding hydrogens is 186 g/mol. The molecule has 0 spiro atoms. The van der Waals surface area contributed by atoms with Gasteiger partial charge in [0.25, 0.3) is 0 Å². The molecule has 82 valence electrons. The zero-order chi connectivity index (χ0) is 10.6. The van der Waals surface area contributed by atoms with Gasteiger partial charge in [-0.25, -0.2) is 4.79 Å². The second kappa shape index (κ2) is 4.72. The summed E-state index contributed by atoms with van der Waals surface area (Å²) in [5, 5.41) is 0. The van der Waals surface area contributed by atoms with Gasteiger partial charge in [0.1, 0.15) is 11.6 Å². The summed E-state index contributed by atoms with van der Waals surface area (Å²) >= 11 is 0. The second-order valence-corrected chi connectivity index (χ2v) is 3.61. The fourth-order valence-electron chi connectivity index (χ4n) is 0.956. The lowest BCUT2D eigenvalue weighted by atomic mass is 10.1. The minimum Gasteiger partial charge on any atom is -0.465 e. The van der Waals surface area contributed by atoms with Gasteiger partial charge in [-0.15, -0.1) is 0 Å².